The third-order valence-electron chi connectivity index (χ3n) is 8.95. The highest BCUT2D eigenvalue weighted by molar-refractivity contribution is 5.97. The third kappa shape index (κ3) is 6.76. The van der Waals surface area contributed by atoms with Crippen molar-refractivity contribution in [2.24, 2.45) is 5.73 Å². The van der Waals surface area contributed by atoms with Gasteiger partial charge in [0.05, 0.1) is 6.20 Å². The van der Waals surface area contributed by atoms with Gasteiger partial charge in [0.1, 0.15) is 0 Å². The molecule has 3 aliphatic rings. The monoisotopic (exact) mass is 589 g/mol. The van der Waals surface area contributed by atoms with E-state index in [1.807, 2.05) is 6.07 Å². The molecule has 6 rings (SSSR count). The molecule has 0 unspecified atom stereocenters. The first kappa shape index (κ1) is 29.3. The number of carbonyl (C=O) groups is 1. The van der Waals surface area contributed by atoms with Crippen LogP contribution in [0.5, 0.6) is 0 Å². The highest BCUT2D eigenvalue weighted by Crippen LogP contribution is 2.33. The number of amides is 1. The number of anilines is 4. The fourth-order valence-corrected chi connectivity index (χ4v) is 6.39. The van der Waals surface area contributed by atoms with Gasteiger partial charge in [0, 0.05) is 82.0 Å². The standard InChI is InChI=1S/C31H43N9O3/c1-3-21-20-23(4-5-25(21)40-12-7-24(8-13-40)39-16-14-38(2)15-17-39)35-31-28(29(32)41)36-27(26-6-11-33-43-26)30(37-31)34-22-9-18-42-19-10-22/h4-6,11,20,22,24H,3,7-10,12-19H2,1-2H3,(H2,32,41)(H2,34,35,37). The minimum atomic E-state index is -0.677. The van der Waals surface area contributed by atoms with Crippen LogP contribution in [0.25, 0.3) is 11.5 Å². The number of rotatable bonds is 9. The van der Waals surface area contributed by atoms with Crippen LogP contribution in [0.4, 0.5) is 23.0 Å². The van der Waals surface area contributed by atoms with Gasteiger partial charge in [-0.05, 0) is 62.9 Å². The second kappa shape index (κ2) is 13.3. The van der Waals surface area contributed by atoms with Gasteiger partial charge >= 0.3 is 0 Å². The van der Waals surface area contributed by atoms with E-state index in [2.05, 4.69) is 61.6 Å². The molecule has 0 radical (unpaired) electrons. The summed E-state index contributed by atoms with van der Waals surface area (Å²) in [5.41, 5.74) is 9.58. The largest absolute Gasteiger partial charge is 0.381 e. The predicted molar refractivity (Wildman–Crippen MR) is 167 cm³/mol. The molecule has 0 aliphatic carbocycles. The topological polar surface area (TPSA) is 138 Å². The molecular weight excluding hydrogens is 546 g/mol. The maximum atomic E-state index is 12.6. The van der Waals surface area contributed by atoms with E-state index in [4.69, 9.17) is 20.0 Å². The third-order valence-corrected chi connectivity index (χ3v) is 8.95. The van der Waals surface area contributed by atoms with E-state index in [1.165, 1.54) is 43.4 Å². The summed E-state index contributed by atoms with van der Waals surface area (Å²) in [7, 11) is 2.21. The Labute approximate surface area is 252 Å². The second-order valence-electron chi connectivity index (χ2n) is 11.8. The van der Waals surface area contributed by atoms with Crippen molar-refractivity contribution in [3.05, 3.63) is 41.7 Å². The summed E-state index contributed by atoms with van der Waals surface area (Å²) in [5, 5.41) is 10.7. The fourth-order valence-electron chi connectivity index (χ4n) is 6.39. The lowest BCUT2D eigenvalue weighted by Crippen LogP contribution is -2.52. The molecule has 5 heterocycles. The molecule has 3 saturated heterocycles. The lowest BCUT2D eigenvalue weighted by atomic mass is 10.00. The van der Waals surface area contributed by atoms with Crippen molar-refractivity contribution in [2.75, 3.05) is 75.1 Å². The van der Waals surface area contributed by atoms with E-state index < -0.39 is 5.91 Å². The van der Waals surface area contributed by atoms with Gasteiger partial charge in [-0.1, -0.05) is 12.1 Å². The summed E-state index contributed by atoms with van der Waals surface area (Å²) in [6.07, 6.45) is 6.47. The van der Waals surface area contributed by atoms with Gasteiger partial charge in [0.15, 0.2) is 28.8 Å². The zero-order valence-corrected chi connectivity index (χ0v) is 25.2. The van der Waals surface area contributed by atoms with Gasteiger partial charge in [0.2, 0.25) is 0 Å². The van der Waals surface area contributed by atoms with E-state index >= 15 is 0 Å². The Morgan fingerprint density at radius 2 is 1.77 bits per heavy atom. The molecule has 3 aromatic rings. The fraction of sp³-hybridized carbons (Fsp3) is 0.548. The smallest absolute Gasteiger partial charge is 0.271 e. The Hall–Kier alpha value is -3.74. The average molecular weight is 590 g/mol. The highest BCUT2D eigenvalue weighted by Gasteiger charge is 2.28. The quantitative estimate of drug-likeness (QED) is 0.339. The molecule has 0 spiro atoms. The molecule has 1 amide bonds. The molecule has 0 saturated carbocycles. The van der Waals surface area contributed by atoms with Gasteiger partial charge in [0.25, 0.3) is 5.91 Å². The molecule has 1 aromatic carbocycles. The van der Waals surface area contributed by atoms with E-state index in [-0.39, 0.29) is 11.7 Å². The first-order valence-corrected chi connectivity index (χ1v) is 15.5. The van der Waals surface area contributed by atoms with Crippen molar-refractivity contribution >= 4 is 28.9 Å². The highest BCUT2D eigenvalue weighted by atomic mass is 16.5. The van der Waals surface area contributed by atoms with Crippen LogP contribution in [-0.2, 0) is 11.2 Å². The summed E-state index contributed by atoms with van der Waals surface area (Å²) in [6.45, 7) is 10.3. The number of primary amides is 1. The minimum Gasteiger partial charge on any atom is -0.381 e. The van der Waals surface area contributed by atoms with Crippen molar-refractivity contribution in [3.8, 4) is 11.5 Å². The SMILES string of the molecule is CCc1cc(Nc2nc(NC3CCOCC3)c(-c3ccno3)nc2C(N)=O)ccc1N1CCC(N2CCN(C)CC2)CC1. The Bertz CT molecular complexity index is 1380. The van der Waals surface area contributed by atoms with E-state index in [0.29, 0.717) is 42.3 Å². The van der Waals surface area contributed by atoms with E-state index in [1.54, 1.807) is 6.07 Å². The maximum absolute atomic E-state index is 12.6. The van der Waals surface area contributed by atoms with Crippen LogP contribution in [0, 0.1) is 0 Å². The number of nitrogens with two attached hydrogens (primary N) is 1. The first-order chi connectivity index (χ1) is 21.0. The van der Waals surface area contributed by atoms with Crippen LogP contribution in [-0.4, -0.2) is 102 Å². The number of benzene rings is 1. The summed E-state index contributed by atoms with van der Waals surface area (Å²) in [4.78, 5) is 29.6. The molecule has 0 bridgehead atoms. The normalized spacial score (nSPS) is 19.4. The number of nitrogens with one attached hydrogen (secondary N) is 2. The zero-order valence-electron chi connectivity index (χ0n) is 25.2. The second-order valence-corrected chi connectivity index (χ2v) is 11.8. The van der Waals surface area contributed by atoms with Crippen LogP contribution in [0.1, 0.15) is 48.7 Å². The van der Waals surface area contributed by atoms with E-state index in [9.17, 15) is 4.79 Å². The molecule has 4 N–H and O–H groups in total. The lowest BCUT2D eigenvalue weighted by Gasteiger charge is -2.43. The molecule has 0 atom stereocenters. The van der Waals surface area contributed by atoms with Crippen LogP contribution >= 0.6 is 0 Å². The number of piperidine rings is 1. The molecule has 3 fully saturated rings. The Morgan fingerprint density at radius 3 is 2.44 bits per heavy atom. The number of likely N-dealkylation sites (N-methyl/N-ethyl adjacent to an activating group) is 1. The summed E-state index contributed by atoms with van der Waals surface area (Å²) >= 11 is 0. The van der Waals surface area contributed by atoms with E-state index in [0.717, 1.165) is 51.1 Å². The van der Waals surface area contributed by atoms with Crippen LogP contribution in [0.15, 0.2) is 35.0 Å². The van der Waals surface area contributed by atoms with Crippen molar-refractivity contribution in [1.29, 1.82) is 0 Å². The lowest BCUT2D eigenvalue weighted by molar-refractivity contribution is 0.0904. The number of aromatic nitrogens is 3. The Morgan fingerprint density at radius 1 is 1.00 bits per heavy atom. The van der Waals surface area contributed by atoms with Crippen molar-refractivity contribution in [2.45, 2.75) is 51.1 Å². The Balaban J connectivity index is 1.22. The summed E-state index contributed by atoms with van der Waals surface area (Å²) < 4.78 is 10.9. The molecule has 12 heteroatoms. The van der Waals surface area contributed by atoms with Crippen molar-refractivity contribution in [1.82, 2.24) is 24.9 Å². The van der Waals surface area contributed by atoms with Gasteiger partial charge in [-0.3, -0.25) is 9.69 Å². The number of carbonyl (C=O) groups excluding carboxylic acids is 1. The molecule has 230 valence electrons. The molecule has 43 heavy (non-hydrogen) atoms. The van der Waals surface area contributed by atoms with Crippen LogP contribution < -0.4 is 21.3 Å². The average Bonchev–Trinajstić information content (AvgIpc) is 3.57. The van der Waals surface area contributed by atoms with Crippen molar-refractivity contribution < 1.29 is 14.1 Å². The van der Waals surface area contributed by atoms with Gasteiger partial charge < -0.3 is 35.4 Å². The van der Waals surface area contributed by atoms with Gasteiger partial charge in [-0.15, -0.1) is 0 Å². The number of hydrogen-bond donors (Lipinski definition) is 3. The molecule has 12 nitrogen and oxygen atoms in total. The number of piperazine rings is 1. The maximum Gasteiger partial charge on any atom is 0.271 e. The minimum absolute atomic E-state index is 0.0389. The molecule has 2 aromatic heterocycles. The molecule has 3 aliphatic heterocycles. The van der Waals surface area contributed by atoms with Crippen LogP contribution in [0.2, 0.25) is 0 Å². The number of hydrogen-bond acceptors (Lipinski definition) is 11. The molecular formula is C31H43N9O3. The van der Waals surface area contributed by atoms with Gasteiger partial charge in [-0.2, -0.15) is 0 Å². The number of nitrogens with zero attached hydrogens (tertiary/aromatic N) is 6. The van der Waals surface area contributed by atoms with Crippen molar-refractivity contribution in [3.63, 3.8) is 0 Å². The Kier molecular flexibility index (Phi) is 9.06. The first-order valence-electron chi connectivity index (χ1n) is 15.5. The number of ether oxygens (including phenoxy) is 1. The zero-order chi connectivity index (χ0) is 29.8. The van der Waals surface area contributed by atoms with Gasteiger partial charge in [-0.25, -0.2) is 9.97 Å². The van der Waals surface area contributed by atoms with Crippen LogP contribution in [0.3, 0.4) is 0 Å². The summed E-state index contributed by atoms with van der Waals surface area (Å²) in [5.74, 6) is 0.536. The number of aryl methyl sites for hydroxylation is 1. The summed E-state index contributed by atoms with van der Waals surface area (Å²) in [6, 6.07) is 8.89. The predicted octanol–water partition coefficient (Wildman–Crippen LogP) is 3.34.